The Hall–Kier alpha value is -3.35. The van der Waals surface area contributed by atoms with Gasteiger partial charge in [-0.05, 0) is 49.2 Å². The molecule has 7 heteroatoms. The monoisotopic (exact) mass is 392 g/mol. The number of benzene rings is 1. The Morgan fingerprint density at radius 3 is 2.83 bits per heavy atom. The van der Waals surface area contributed by atoms with E-state index in [4.69, 9.17) is 5.73 Å². The van der Waals surface area contributed by atoms with E-state index >= 15 is 0 Å². The summed E-state index contributed by atoms with van der Waals surface area (Å²) in [5.74, 6) is -1.10. The summed E-state index contributed by atoms with van der Waals surface area (Å²) in [6.45, 7) is 1.12. The topological polar surface area (TPSA) is 89.2 Å². The Kier molecular flexibility index (Phi) is 5.20. The van der Waals surface area contributed by atoms with Crippen molar-refractivity contribution < 1.29 is 14.0 Å². The zero-order valence-electron chi connectivity index (χ0n) is 15.8. The standard InChI is InChI=1S/C22H21FN4O2/c23-16-6-7-19-15(10-16)11-18(22(24)29)21(26-19)14-4-3-9-27(13-14)20(28)12-17-5-1-2-8-25-17/h1-2,5-8,10-11,14H,3-4,9,12-13H2,(H2,24,29). The Morgan fingerprint density at radius 1 is 1.21 bits per heavy atom. The van der Waals surface area contributed by atoms with Crippen molar-refractivity contribution in [2.75, 3.05) is 13.1 Å². The van der Waals surface area contributed by atoms with E-state index in [9.17, 15) is 14.0 Å². The molecule has 2 aromatic heterocycles. The first-order valence-corrected chi connectivity index (χ1v) is 9.59. The molecule has 1 atom stereocenters. The van der Waals surface area contributed by atoms with Crippen LogP contribution in [0.1, 0.15) is 40.5 Å². The Morgan fingerprint density at radius 2 is 2.07 bits per heavy atom. The molecular weight excluding hydrogens is 371 g/mol. The second kappa shape index (κ2) is 7.95. The van der Waals surface area contributed by atoms with E-state index in [1.165, 1.54) is 12.1 Å². The lowest BCUT2D eigenvalue weighted by molar-refractivity contribution is -0.131. The van der Waals surface area contributed by atoms with E-state index in [-0.39, 0.29) is 23.8 Å². The average Bonchev–Trinajstić information content (AvgIpc) is 2.73. The SMILES string of the molecule is NC(=O)c1cc2cc(F)ccc2nc1C1CCCN(C(=O)Cc2ccccn2)C1. The van der Waals surface area contributed by atoms with E-state index in [1.807, 2.05) is 18.2 Å². The van der Waals surface area contributed by atoms with Gasteiger partial charge < -0.3 is 10.6 Å². The first-order valence-electron chi connectivity index (χ1n) is 9.59. The summed E-state index contributed by atoms with van der Waals surface area (Å²) in [7, 11) is 0. The van der Waals surface area contributed by atoms with Crippen LogP contribution >= 0.6 is 0 Å². The van der Waals surface area contributed by atoms with E-state index < -0.39 is 11.7 Å². The van der Waals surface area contributed by atoms with Gasteiger partial charge in [-0.1, -0.05) is 6.07 Å². The van der Waals surface area contributed by atoms with Gasteiger partial charge in [-0.3, -0.25) is 19.6 Å². The summed E-state index contributed by atoms with van der Waals surface area (Å²) in [5, 5.41) is 0.529. The number of rotatable bonds is 4. The fraction of sp³-hybridized carbons (Fsp3) is 0.273. The number of hydrogen-bond donors (Lipinski definition) is 1. The number of fused-ring (bicyclic) bond motifs is 1. The molecule has 1 saturated heterocycles. The van der Waals surface area contributed by atoms with Crippen molar-refractivity contribution in [3.63, 3.8) is 0 Å². The highest BCUT2D eigenvalue weighted by molar-refractivity contribution is 5.98. The lowest BCUT2D eigenvalue weighted by Gasteiger charge is -2.33. The van der Waals surface area contributed by atoms with Gasteiger partial charge in [0.1, 0.15) is 5.82 Å². The largest absolute Gasteiger partial charge is 0.366 e. The van der Waals surface area contributed by atoms with Crippen LogP contribution in [0.2, 0.25) is 0 Å². The van der Waals surface area contributed by atoms with E-state index in [2.05, 4.69) is 9.97 Å². The molecule has 1 aliphatic heterocycles. The van der Waals surface area contributed by atoms with Crippen molar-refractivity contribution in [1.82, 2.24) is 14.9 Å². The summed E-state index contributed by atoms with van der Waals surface area (Å²) >= 11 is 0. The van der Waals surface area contributed by atoms with Crippen LogP contribution in [0.15, 0.2) is 48.7 Å². The van der Waals surface area contributed by atoms with Gasteiger partial charge in [0.25, 0.3) is 5.91 Å². The Bertz CT molecular complexity index is 1070. The van der Waals surface area contributed by atoms with Crippen molar-refractivity contribution in [2.24, 2.45) is 5.73 Å². The Labute approximate surface area is 167 Å². The number of carbonyl (C=O) groups is 2. The van der Waals surface area contributed by atoms with Crippen molar-refractivity contribution in [1.29, 1.82) is 0 Å². The number of aromatic nitrogens is 2. The molecule has 2 N–H and O–H groups in total. The molecule has 6 nitrogen and oxygen atoms in total. The lowest BCUT2D eigenvalue weighted by atomic mass is 9.90. The highest BCUT2D eigenvalue weighted by atomic mass is 19.1. The zero-order valence-corrected chi connectivity index (χ0v) is 15.8. The number of primary amides is 1. The molecule has 3 heterocycles. The average molecular weight is 392 g/mol. The molecule has 1 unspecified atom stereocenters. The number of nitrogens with two attached hydrogens (primary N) is 1. The quantitative estimate of drug-likeness (QED) is 0.739. The van der Waals surface area contributed by atoms with Crippen LogP contribution in [0.5, 0.6) is 0 Å². The minimum absolute atomic E-state index is 0.00288. The molecule has 4 rings (SSSR count). The minimum Gasteiger partial charge on any atom is -0.366 e. The van der Waals surface area contributed by atoms with Crippen LogP contribution in [0.3, 0.4) is 0 Å². The van der Waals surface area contributed by atoms with Gasteiger partial charge in [-0.15, -0.1) is 0 Å². The second-order valence-electron chi connectivity index (χ2n) is 7.30. The van der Waals surface area contributed by atoms with Crippen LogP contribution in [0, 0.1) is 5.82 Å². The first kappa shape index (κ1) is 19.0. The molecule has 0 radical (unpaired) electrons. The normalized spacial score (nSPS) is 16.7. The van der Waals surface area contributed by atoms with Crippen molar-refractivity contribution in [3.05, 3.63) is 71.4 Å². The first-order chi connectivity index (χ1) is 14.0. The van der Waals surface area contributed by atoms with Crippen LogP contribution in [-0.2, 0) is 11.2 Å². The van der Waals surface area contributed by atoms with Crippen LogP contribution < -0.4 is 5.73 Å². The number of amides is 2. The third-order valence-electron chi connectivity index (χ3n) is 5.29. The Balaban J connectivity index is 1.61. The maximum Gasteiger partial charge on any atom is 0.250 e. The molecule has 2 amide bonds. The summed E-state index contributed by atoms with van der Waals surface area (Å²) < 4.78 is 13.6. The number of likely N-dealkylation sites (tertiary alicyclic amines) is 1. The molecule has 1 aliphatic rings. The van der Waals surface area contributed by atoms with E-state index in [1.54, 1.807) is 23.2 Å². The van der Waals surface area contributed by atoms with Crippen LogP contribution in [-0.4, -0.2) is 39.8 Å². The number of carbonyl (C=O) groups excluding carboxylic acids is 2. The summed E-state index contributed by atoms with van der Waals surface area (Å²) in [5.41, 5.74) is 7.77. The smallest absolute Gasteiger partial charge is 0.250 e. The van der Waals surface area contributed by atoms with Gasteiger partial charge >= 0.3 is 0 Å². The molecule has 0 saturated carbocycles. The maximum atomic E-state index is 13.6. The predicted molar refractivity (Wildman–Crippen MR) is 107 cm³/mol. The number of hydrogen-bond acceptors (Lipinski definition) is 4. The van der Waals surface area contributed by atoms with Gasteiger partial charge in [-0.25, -0.2) is 4.39 Å². The molecule has 29 heavy (non-hydrogen) atoms. The molecule has 1 aromatic carbocycles. The molecule has 148 valence electrons. The number of nitrogens with zero attached hydrogens (tertiary/aromatic N) is 3. The number of pyridine rings is 2. The van der Waals surface area contributed by atoms with E-state index in [0.29, 0.717) is 29.7 Å². The minimum atomic E-state index is -0.601. The predicted octanol–water partition coefficient (Wildman–Crippen LogP) is 2.82. The van der Waals surface area contributed by atoms with Crippen molar-refractivity contribution in [2.45, 2.75) is 25.2 Å². The summed E-state index contributed by atoms with van der Waals surface area (Å²) in [6, 6.07) is 11.4. The highest BCUT2D eigenvalue weighted by Gasteiger charge is 2.28. The van der Waals surface area contributed by atoms with Crippen LogP contribution in [0.4, 0.5) is 4.39 Å². The third kappa shape index (κ3) is 4.08. The third-order valence-corrected chi connectivity index (χ3v) is 5.29. The maximum absolute atomic E-state index is 13.6. The molecule has 3 aromatic rings. The molecule has 1 fully saturated rings. The van der Waals surface area contributed by atoms with Gasteiger partial charge in [0.2, 0.25) is 5.91 Å². The van der Waals surface area contributed by atoms with Gasteiger partial charge in [-0.2, -0.15) is 0 Å². The summed E-state index contributed by atoms with van der Waals surface area (Å²) in [4.78, 5) is 35.4. The van der Waals surface area contributed by atoms with Gasteiger partial charge in [0.05, 0.1) is 23.2 Å². The fourth-order valence-electron chi connectivity index (χ4n) is 3.87. The van der Waals surface area contributed by atoms with Crippen LogP contribution in [0.25, 0.3) is 10.9 Å². The fourth-order valence-corrected chi connectivity index (χ4v) is 3.87. The molecule has 0 aliphatic carbocycles. The second-order valence-corrected chi connectivity index (χ2v) is 7.30. The van der Waals surface area contributed by atoms with E-state index in [0.717, 1.165) is 18.5 Å². The summed E-state index contributed by atoms with van der Waals surface area (Å²) in [6.07, 6.45) is 3.51. The van der Waals surface area contributed by atoms with Crippen molar-refractivity contribution >= 4 is 22.7 Å². The van der Waals surface area contributed by atoms with Gasteiger partial charge in [0.15, 0.2) is 0 Å². The lowest BCUT2D eigenvalue weighted by Crippen LogP contribution is -2.40. The highest BCUT2D eigenvalue weighted by Crippen LogP contribution is 2.30. The van der Waals surface area contributed by atoms with Gasteiger partial charge in [0, 0.05) is 36.3 Å². The number of piperidine rings is 1. The zero-order chi connectivity index (χ0) is 20.4. The molecule has 0 bridgehead atoms. The number of halogens is 1. The molecule has 0 spiro atoms. The molecular formula is C22H21FN4O2. The van der Waals surface area contributed by atoms with Crippen molar-refractivity contribution in [3.8, 4) is 0 Å².